The monoisotopic (exact) mass is 478 g/mol. The largest absolute Gasteiger partial charge is 0.493 e. The molecule has 8 heteroatoms. The predicted molar refractivity (Wildman–Crippen MR) is 114 cm³/mol. The van der Waals surface area contributed by atoms with E-state index < -0.39 is 0 Å². The average Bonchev–Trinajstić information content (AvgIpc) is 3.23. The number of ketones is 1. The molecule has 2 aliphatic rings. The number of hydrogen-bond donors (Lipinski definition) is 0. The van der Waals surface area contributed by atoms with Crippen LogP contribution in [0.4, 0.5) is 0 Å². The summed E-state index contributed by atoms with van der Waals surface area (Å²) in [4.78, 5) is 13.1. The molecule has 0 amide bonds. The summed E-state index contributed by atoms with van der Waals surface area (Å²) in [6.45, 7) is 2.03. The van der Waals surface area contributed by atoms with E-state index in [-0.39, 0.29) is 12.6 Å². The molecular weight excluding hydrogens is 454 g/mol. The molecule has 1 atom stereocenters. The van der Waals surface area contributed by atoms with E-state index >= 15 is 0 Å². The number of methoxy groups -OCH3 is 3. The topological polar surface area (TPSA) is 63.2 Å². The maximum Gasteiger partial charge on any atom is 0.231 e. The van der Waals surface area contributed by atoms with Crippen molar-refractivity contribution in [3.05, 3.63) is 39.4 Å². The lowest BCUT2D eigenvalue weighted by atomic mass is 9.95. The summed E-state index contributed by atoms with van der Waals surface area (Å²) < 4.78 is 29.1. The zero-order valence-corrected chi connectivity index (χ0v) is 19.1. The van der Waals surface area contributed by atoms with Crippen molar-refractivity contribution in [2.75, 3.05) is 48.3 Å². The molecule has 0 aromatic heterocycles. The molecule has 30 heavy (non-hydrogen) atoms. The van der Waals surface area contributed by atoms with Gasteiger partial charge in [0.05, 0.1) is 45.0 Å². The summed E-state index contributed by atoms with van der Waals surface area (Å²) in [6, 6.07) is 5.28. The van der Waals surface area contributed by atoms with Gasteiger partial charge in [-0.05, 0) is 39.7 Å². The fourth-order valence-corrected chi connectivity index (χ4v) is 4.95. The van der Waals surface area contributed by atoms with Crippen LogP contribution in [0.2, 0.25) is 0 Å². The molecule has 1 unspecified atom stereocenters. The van der Waals surface area contributed by atoms with Crippen LogP contribution in [-0.4, -0.2) is 58.5 Å². The SMILES string of the molecule is COc1ccc(C(=O)C[N+]2(C)CCc3c(Br)c4c(c(OC)c3C2)OCO4)cc1OC. The minimum Gasteiger partial charge on any atom is -0.493 e. The van der Waals surface area contributed by atoms with E-state index in [1.54, 1.807) is 39.5 Å². The Bertz CT molecular complexity index is 1010. The molecule has 0 saturated carbocycles. The Balaban J connectivity index is 1.62. The van der Waals surface area contributed by atoms with Crippen LogP contribution in [-0.2, 0) is 13.0 Å². The van der Waals surface area contributed by atoms with Gasteiger partial charge in [-0.25, -0.2) is 0 Å². The van der Waals surface area contributed by atoms with Crippen molar-refractivity contribution in [1.29, 1.82) is 0 Å². The fourth-order valence-electron chi connectivity index (χ4n) is 4.22. The zero-order valence-electron chi connectivity index (χ0n) is 17.5. The second-order valence-corrected chi connectivity index (χ2v) is 8.56. The Morgan fingerprint density at radius 1 is 1.07 bits per heavy atom. The first-order valence-corrected chi connectivity index (χ1v) is 10.5. The Labute approximate surface area is 184 Å². The number of carbonyl (C=O) groups is 1. The van der Waals surface area contributed by atoms with Crippen molar-refractivity contribution in [3.8, 4) is 28.7 Å². The van der Waals surface area contributed by atoms with Gasteiger partial charge in [0.2, 0.25) is 18.3 Å². The number of carbonyl (C=O) groups excluding carboxylic acids is 1. The summed E-state index contributed by atoms with van der Waals surface area (Å²) in [6.07, 6.45) is 0.804. The van der Waals surface area contributed by atoms with E-state index in [1.807, 2.05) is 0 Å². The Hall–Kier alpha value is -2.45. The van der Waals surface area contributed by atoms with E-state index in [1.165, 1.54) is 0 Å². The molecule has 0 N–H and O–H groups in total. The van der Waals surface area contributed by atoms with E-state index in [9.17, 15) is 4.79 Å². The zero-order chi connectivity index (χ0) is 21.5. The third kappa shape index (κ3) is 3.48. The normalized spacial score (nSPS) is 19.2. The van der Waals surface area contributed by atoms with Crippen molar-refractivity contribution in [2.24, 2.45) is 0 Å². The number of rotatable bonds is 6. The molecule has 2 aromatic carbocycles. The molecule has 0 saturated heterocycles. The molecule has 0 fully saturated rings. The number of hydrogen-bond acceptors (Lipinski definition) is 6. The van der Waals surface area contributed by atoms with Crippen LogP contribution in [0, 0.1) is 0 Å². The predicted octanol–water partition coefficient (Wildman–Crippen LogP) is 3.59. The molecule has 2 heterocycles. The molecule has 2 aromatic rings. The number of ether oxygens (including phenoxy) is 5. The number of Topliss-reactive ketones (excluding diaryl/α,β-unsaturated/α-hetero) is 1. The molecule has 0 radical (unpaired) electrons. The van der Waals surface area contributed by atoms with Gasteiger partial charge in [-0.2, -0.15) is 0 Å². The molecular formula is C22H25BrNO6+. The molecule has 160 valence electrons. The average molecular weight is 479 g/mol. The standard InChI is InChI=1S/C22H25BrNO6/c1-24(11-16(25)13-5-6-17(26-2)18(9-13)27-3)8-7-14-15(10-24)20(28-4)22-21(19(14)23)29-12-30-22/h5-6,9H,7-8,10-12H2,1-4H3/q+1. The highest BCUT2D eigenvalue weighted by Gasteiger charge is 2.38. The van der Waals surface area contributed by atoms with Gasteiger partial charge in [0.25, 0.3) is 0 Å². The minimum atomic E-state index is 0.0562. The lowest BCUT2D eigenvalue weighted by Crippen LogP contribution is -2.50. The van der Waals surface area contributed by atoms with Gasteiger partial charge in [0.1, 0.15) is 13.1 Å². The van der Waals surface area contributed by atoms with Crippen LogP contribution < -0.4 is 23.7 Å². The van der Waals surface area contributed by atoms with Crippen molar-refractivity contribution in [1.82, 2.24) is 0 Å². The van der Waals surface area contributed by atoms with Gasteiger partial charge in [-0.1, -0.05) is 0 Å². The fraction of sp³-hybridized carbons (Fsp3) is 0.409. The summed E-state index contributed by atoms with van der Waals surface area (Å²) in [5.41, 5.74) is 2.82. The first kappa shape index (κ1) is 20.8. The van der Waals surface area contributed by atoms with Gasteiger partial charge in [0.15, 0.2) is 23.0 Å². The Kier molecular flexibility index (Phi) is 5.55. The van der Waals surface area contributed by atoms with Crippen LogP contribution in [0.15, 0.2) is 22.7 Å². The maximum atomic E-state index is 13.1. The Morgan fingerprint density at radius 2 is 1.80 bits per heavy atom. The van der Waals surface area contributed by atoms with Crippen molar-refractivity contribution in [3.63, 3.8) is 0 Å². The van der Waals surface area contributed by atoms with Gasteiger partial charge in [0, 0.05) is 12.0 Å². The quantitative estimate of drug-likeness (QED) is 0.466. The van der Waals surface area contributed by atoms with Crippen molar-refractivity contribution < 1.29 is 33.0 Å². The van der Waals surface area contributed by atoms with Crippen LogP contribution in [0.1, 0.15) is 21.5 Å². The van der Waals surface area contributed by atoms with E-state index in [4.69, 9.17) is 23.7 Å². The third-order valence-corrected chi connectivity index (χ3v) is 6.64. The molecule has 0 aliphatic carbocycles. The van der Waals surface area contributed by atoms with Crippen molar-refractivity contribution >= 4 is 21.7 Å². The highest BCUT2D eigenvalue weighted by Crippen LogP contribution is 2.52. The highest BCUT2D eigenvalue weighted by atomic mass is 79.9. The summed E-state index contributed by atoms with van der Waals surface area (Å²) in [5.74, 6) is 3.23. The van der Waals surface area contributed by atoms with E-state index in [0.717, 1.165) is 28.6 Å². The molecule has 7 nitrogen and oxygen atoms in total. The number of quaternary nitrogens is 1. The van der Waals surface area contributed by atoms with E-state index in [0.29, 0.717) is 51.9 Å². The van der Waals surface area contributed by atoms with Gasteiger partial charge < -0.3 is 28.2 Å². The number of fused-ring (bicyclic) bond motifs is 2. The molecule has 4 rings (SSSR count). The molecule has 0 bridgehead atoms. The van der Waals surface area contributed by atoms with Gasteiger partial charge in [-0.3, -0.25) is 4.79 Å². The Morgan fingerprint density at radius 3 is 2.50 bits per heavy atom. The minimum absolute atomic E-state index is 0.0562. The second-order valence-electron chi connectivity index (χ2n) is 7.77. The number of likely N-dealkylation sites (N-methyl/N-ethyl adjacent to an activating group) is 1. The summed E-state index contributed by atoms with van der Waals surface area (Å²) in [5, 5.41) is 0. The number of halogens is 1. The molecule has 0 spiro atoms. The lowest BCUT2D eigenvalue weighted by molar-refractivity contribution is -0.916. The third-order valence-electron chi connectivity index (χ3n) is 5.80. The van der Waals surface area contributed by atoms with Crippen LogP contribution >= 0.6 is 15.9 Å². The second kappa shape index (κ2) is 8.00. The highest BCUT2D eigenvalue weighted by molar-refractivity contribution is 9.10. The number of nitrogens with zero attached hydrogens (tertiary/aromatic N) is 1. The van der Waals surface area contributed by atoms with E-state index in [2.05, 4.69) is 23.0 Å². The van der Waals surface area contributed by atoms with Crippen LogP contribution in [0.25, 0.3) is 0 Å². The van der Waals surface area contributed by atoms with Crippen LogP contribution in [0.5, 0.6) is 28.7 Å². The van der Waals surface area contributed by atoms with Crippen molar-refractivity contribution in [2.45, 2.75) is 13.0 Å². The lowest BCUT2D eigenvalue weighted by Gasteiger charge is -2.39. The summed E-state index contributed by atoms with van der Waals surface area (Å²) >= 11 is 3.68. The van der Waals surface area contributed by atoms with Gasteiger partial charge in [-0.15, -0.1) is 0 Å². The summed E-state index contributed by atoms with van der Waals surface area (Å²) in [7, 11) is 6.88. The maximum absolute atomic E-state index is 13.1. The van der Waals surface area contributed by atoms with Crippen LogP contribution in [0.3, 0.4) is 0 Å². The van der Waals surface area contributed by atoms with Gasteiger partial charge >= 0.3 is 0 Å². The number of benzene rings is 2. The first-order valence-electron chi connectivity index (χ1n) is 9.66. The first-order chi connectivity index (χ1) is 14.4. The molecule has 2 aliphatic heterocycles. The smallest absolute Gasteiger partial charge is 0.231 e.